The third kappa shape index (κ3) is 1.67. The molecule has 0 aliphatic rings. The van der Waals surface area contributed by atoms with Gasteiger partial charge in [0.1, 0.15) is 0 Å². The van der Waals surface area contributed by atoms with Crippen molar-refractivity contribution in [2.75, 3.05) is 0 Å². The van der Waals surface area contributed by atoms with Crippen molar-refractivity contribution in [2.45, 2.75) is 26.8 Å². The number of hydrogen-bond acceptors (Lipinski definition) is 2. The Labute approximate surface area is 76.0 Å². The van der Waals surface area contributed by atoms with Gasteiger partial charge in [0, 0.05) is 6.07 Å². The number of rotatable bonds is 1. The number of aromatic nitrogens is 2. The molecule has 0 saturated heterocycles. The second-order valence-corrected chi connectivity index (χ2v) is 3.35. The molecular weight excluding hydrogens is 176 g/mol. The zero-order chi connectivity index (χ0) is 9.30. The molecule has 0 aliphatic heterocycles. The van der Waals surface area contributed by atoms with E-state index in [4.69, 9.17) is 11.6 Å². The molecule has 1 aromatic rings. The van der Waals surface area contributed by atoms with Crippen LogP contribution in [0.2, 0.25) is 5.15 Å². The van der Waals surface area contributed by atoms with Gasteiger partial charge in [-0.15, -0.1) is 0 Å². The first-order valence-electron chi connectivity index (χ1n) is 3.78. The summed E-state index contributed by atoms with van der Waals surface area (Å²) >= 11 is 5.76. The van der Waals surface area contributed by atoms with E-state index in [1.165, 1.54) is 10.7 Å². The molecule has 1 aromatic heterocycles. The summed E-state index contributed by atoms with van der Waals surface area (Å²) in [6.45, 7) is 5.54. The minimum atomic E-state index is -0.105. The maximum absolute atomic E-state index is 11.3. The molecule has 0 unspecified atom stereocenters. The van der Waals surface area contributed by atoms with Gasteiger partial charge in [0.25, 0.3) is 5.56 Å². The van der Waals surface area contributed by atoms with Gasteiger partial charge >= 0.3 is 0 Å². The third-order valence-corrected chi connectivity index (χ3v) is 1.95. The van der Waals surface area contributed by atoms with E-state index in [1.807, 2.05) is 13.8 Å². The first-order valence-corrected chi connectivity index (χ1v) is 4.16. The van der Waals surface area contributed by atoms with Crippen molar-refractivity contribution in [3.63, 3.8) is 0 Å². The summed E-state index contributed by atoms with van der Waals surface area (Å²) < 4.78 is 1.37. The molecule has 0 spiro atoms. The van der Waals surface area contributed by atoms with Crippen molar-refractivity contribution in [3.05, 3.63) is 27.1 Å². The molecule has 0 radical (unpaired) electrons. The topological polar surface area (TPSA) is 34.9 Å². The molecule has 0 bridgehead atoms. The highest BCUT2D eigenvalue weighted by Crippen LogP contribution is 2.08. The first kappa shape index (κ1) is 9.26. The van der Waals surface area contributed by atoms with Crippen LogP contribution in [0.25, 0.3) is 0 Å². The van der Waals surface area contributed by atoms with Gasteiger partial charge in [0.2, 0.25) is 0 Å². The normalized spacial score (nSPS) is 10.8. The molecule has 0 amide bonds. The van der Waals surface area contributed by atoms with Crippen molar-refractivity contribution in [1.29, 1.82) is 0 Å². The van der Waals surface area contributed by atoms with Gasteiger partial charge in [-0.1, -0.05) is 11.6 Å². The summed E-state index contributed by atoms with van der Waals surface area (Å²) in [7, 11) is 0. The minimum Gasteiger partial charge on any atom is -0.268 e. The molecule has 4 heteroatoms. The number of nitrogens with zero attached hydrogens (tertiary/aromatic N) is 2. The highest BCUT2D eigenvalue weighted by atomic mass is 35.5. The third-order valence-electron chi connectivity index (χ3n) is 1.58. The van der Waals surface area contributed by atoms with E-state index in [-0.39, 0.29) is 11.6 Å². The Bertz CT molecular complexity index is 343. The van der Waals surface area contributed by atoms with Gasteiger partial charge in [-0.2, -0.15) is 5.10 Å². The Morgan fingerprint density at radius 3 is 2.67 bits per heavy atom. The molecule has 0 aliphatic carbocycles. The lowest BCUT2D eigenvalue weighted by Gasteiger charge is -2.08. The summed E-state index contributed by atoms with van der Waals surface area (Å²) in [5, 5.41) is 4.33. The zero-order valence-electron chi connectivity index (χ0n) is 7.34. The van der Waals surface area contributed by atoms with E-state index in [0.29, 0.717) is 5.15 Å². The molecule has 0 saturated carbocycles. The van der Waals surface area contributed by atoms with Crippen molar-refractivity contribution in [1.82, 2.24) is 9.78 Å². The van der Waals surface area contributed by atoms with E-state index in [2.05, 4.69) is 5.10 Å². The highest BCUT2D eigenvalue weighted by molar-refractivity contribution is 6.30. The second-order valence-electron chi connectivity index (χ2n) is 2.99. The monoisotopic (exact) mass is 186 g/mol. The summed E-state index contributed by atoms with van der Waals surface area (Å²) in [5.41, 5.74) is 0.616. The number of hydrogen-bond donors (Lipinski definition) is 0. The van der Waals surface area contributed by atoms with Crippen LogP contribution in [-0.4, -0.2) is 9.78 Å². The van der Waals surface area contributed by atoms with Gasteiger partial charge < -0.3 is 0 Å². The van der Waals surface area contributed by atoms with Crippen LogP contribution in [0.5, 0.6) is 0 Å². The summed E-state index contributed by atoms with van der Waals surface area (Å²) in [6.07, 6.45) is 0. The zero-order valence-corrected chi connectivity index (χ0v) is 8.09. The van der Waals surface area contributed by atoms with Crippen LogP contribution in [0.15, 0.2) is 10.9 Å². The van der Waals surface area contributed by atoms with Crippen LogP contribution in [0.1, 0.15) is 25.5 Å². The standard InChI is InChI=1S/C8H11ClN2O/c1-5(2)11-7(12)4-6(3)8(9)10-11/h4-5H,1-3H3. The lowest BCUT2D eigenvalue weighted by Crippen LogP contribution is -2.24. The van der Waals surface area contributed by atoms with E-state index < -0.39 is 0 Å². The van der Waals surface area contributed by atoms with Crippen LogP contribution in [-0.2, 0) is 0 Å². The van der Waals surface area contributed by atoms with Gasteiger partial charge in [0.15, 0.2) is 5.15 Å². The van der Waals surface area contributed by atoms with Gasteiger partial charge in [-0.25, -0.2) is 4.68 Å². The molecule has 66 valence electrons. The molecule has 0 aromatic carbocycles. The minimum absolute atomic E-state index is 0.0515. The second kappa shape index (κ2) is 3.27. The van der Waals surface area contributed by atoms with Crippen molar-refractivity contribution >= 4 is 11.6 Å². The molecule has 12 heavy (non-hydrogen) atoms. The maximum Gasteiger partial charge on any atom is 0.267 e. The van der Waals surface area contributed by atoms with Crippen LogP contribution in [0.3, 0.4) is 0 Å². The Morgan fingerprint density at radius 1 is 1.58 bits per heavy atom. The van der Waals surface area contributed by atoms with E-state index in [0.717, 1.165) is 5.56 Å². The smallest absolute Gasteiger partial charge is 0.267 e. The summed E-state index contributed by atoms with van der Waals surface area (Å²) in [4.78, 5) is 11.3. The van der Waals surface area contributed by atoms with Crippen LogP contribution < -0.4 is 5.56 Å². The van der Waals surface area contributed by atoms with Crippen LogP contribution >= 0.6 is 11.6 Å². The molecule has 0 fully saturated rings. The summed E-state index contributed by atoms with van der Waals surface area (Å²) in [6, 6.07) is 1.55. The molecule has 0 atom stereocenters. The Hall–Kier alpha value is -0.830. The van der Waals surface area contributed by atoms with Crippen LogP contribution in [0.4, 0.5) is 0 Å². The average Bonchev–Trinajstić information content (AvgIpc) is 1.96. The quantitative estimate of drug-likeness (QED) is 0.670. The van der Waals surface area contributed by atoms with Gasteiger partial charge in [0.05, 0.1) is 6.04 Å². The van der Waals surface area contributed by atoms with Gasteiger partial charge in [-0.3, -0.25) is 4.79 Å². The fourth-order valence-electron chi connectivity index (χ4n) is 0.904. The Balaban J connectivity index is 3.33. The average molecular weight is 187 g/mol. The molecule has 1 heterocycles. The SMILES string of the molecule is Cc1cc(=O)n(C(C)C)nc1Cl. The molecule has 0 N–H and O–H groups in total. The van der Waals surface area contributed by atoms with Gasteiger partial charge in [-0.05, 0) is 26.3 Å². The van der Waals surface area contributed by atoms with E-state index >= 15 is 0 Å². The fourth-order valence-corrected chi connectivity index (χ4v) is 1.04. The van der Waals surface area contributed by atoms with Crippen molar-refractivity contribution in [3.8, 4) is 0 Å². The van der Waals surface area contributed by atoms with Crippen molar-refractivity contribution < 1.29 is 0 Å². The predicted octanol–water partition coefficient (Wildman–Crippen LogP) is 1.79. The lowest BCUT2D eigenvalue weighted by atomic mass is 10.3. The predicted molar refractivity (Wildman–Crippen MR) is 48.6 cm³/mol. The summed E-state index contributed by atoms with van der Waals surface area (Å²) in [5.74, 6) is 0. The van der Waals surface area contributed by atoms with E-state index in [9.17, 15) is 4.79 Å². The van der Waals surface area contributed by atoms with Crippen LogP contribution in [0, 0.1) is 6.92 Å². The van der Waals surface area contributed by atoms with Crippen molar-refractivity contribution in [2.24, 2.45) is 0 Å². The molecule has 3 nitrogen and oxygen atoms in total. The van der Waals surface area contributed by atoms with E-state index in [1.54, 1.807) is 6.92 Å². The molecule has 1 rings (SSSR count). The Morgan fingerprint density at radius 2 is 2.17 bits per heavy atom. The maximum atomic E-state index is 11.3. The number of halogens is 1. The fraction of sp³-hybridized carbons (Fsp3) is 0.500. The number of aryl methyl sites for hydroxylation is 1. The highest BCUT2D eigenvalue weighted by Gasteiger charge is 2.05. The first-order chi connectivity index (χ1) is 5.52. The Kier molecular flexibility index (Phi) is 2.52. The lowest BCUT2D eigenvalue weighted by molar-refractivity contribution is 0.501. The molecular formula is C8H11ClN2O. The largest absolute Gasteiger partial charge is 0.268 e.